The molecule has 124 valence electrons. The van der Waals surface area contributed by atoms with E-state index < -0.39 is 0 Å². The van der Waals surface area contributed by atoms with Crippen LogP contribution in [-0.4, -0.2) is 39.2 Å². The molecule has 3 aromatic heterocycles. The van der Waals surface area contributed by atoms with Crippen LogP contribution in [0, 0.1) is 0 Å². The summed E-state index contributed by atoms with van der Waals surface area (Å²) in [5.74, 6) is 2.33. The summed E-state index contributed by atoms with van der Waals surface area (Å²) < 4.78 is 5.20. The second kappa shape index (κ2) is 7.03. The lowest BCUT2D eigenvalue weighted by atomic mass is 10.3. The van der Waals surface area contributed by atoms with Gasteiger partial charge in [0.05, 0.1) is 6.54 Å². The van der Waals surface area contributed by atoms with Crippen molar-refractivity contribution in [2.24, 2.45) is 0 Å². The molecule has 0 saturated heterocycles. The molecule has 0 amide bonds. The van der Waals surface area contributed by atoms with E-state index in [4.69, 9.17) is 4.52 Å². The highest BCUT2D eigenvalue weighted by molar-refractivity contribution is 5.52. The number of hydrogen-bond donors (Lipinski definition) is 1. The first-order chi connectivity index (χ1) is 11.7. The molecular weight excluding hydrogens is 306 g/mol. The normalized spacial score (nSPS) is 10.6. The van der Waals surface area contributed by atoms with E-state index in [0.717, 1.165) is 17.8 Å². The van der Waals surface area contributed by atoms with Crippen LogP contribution in [-0.2, 0) is 13.0 Å². The number of nitrogens with one attached hydrogen (secondary N) is 1. The molecule has 0 aromatic carbocycles. The molecule has 0 aliphatic rings. The van der Waals surface area contributed by atoms with Crippen LogP contribution in [0.1, 0.15) is 18.5 Å². The quantitative estimate of drug-likeness (QED) is 0.737. The smallest absolute Gasteiger partial charge is 0.265 e. The maximum Gasteiger partial charge on any atom is 0.265 e. The second-order valence-corrected chi connectivity index (χ2v) is 5.37. The molecule has 8 heteroatoms. The molecule has 0 fully saturated rings. The van der Waals surface area contributed by atoms with Gasteiger partial charge < -0.3 is 14.7 Å². The number of pyridine rings is 1. The van der Waals surface area contributed by atoms with Crippen LogP contribution in [0.5, 0.6) is 0 Å². The molecule has 0 aliphatic heterocycles. The van der Waals surface area contributed by atoms with Gasteiger partial charge in [0.2, 0.25) is 5.89 Å². The summed E-state index contributed by atoms with van der Waals surface area (Å²) in [5.41, 5.74) is 1.68. The molecular formula is C16H19N7O. The zero-order chi connectivity index (χ0) is 16.9. The molecule has 1 N–H and O–H groups in total. The van der Waals surface area contributed by atoms with E-state index in [9.17, 15) is 0 Å². The SMILES string of the molecule is CCc1cc(NCc2nc(N(C)C)no2)nc(-c2ccccn2)n1. The minimum atomic E-state index is 0.392. The van der Waals surface area contributed by atoms with Gasteiger partial charge in [0.25, 0.3) is 5.95 Å². The average molecular weight is 325 g/mol. The number of anilines is 2. The van der Waals surface area contributed by atoms with Crippen molar-refractivity contribution in [1.82, 2.24) is 25.1 Å². The van der Waals surface area contributed by atoms with Gasteiger partial charge in [-0.25, -0.2) is 9.97 Å². The lowest BCUT2D eigenvalue weighted by molar-refractivity contribution is 0.383. The Bertz CT molecular complexity index is 801. The van der Waals surface area contributed by atoms with E-state index in [-0.39, 0.29) is 0 Å². The van der Waals surface area contributed by atoms with Crippen molar-refractivity contribution in [3.8, 4) is 11.5 Å². The van der Waals surface area contributed by atoms with Gasteiger partial charge in [-0.2, -0.15) is 4.98 Å². The maximum absolute atomic E-state index is 5.20. The van der Waals surface area contributed by atoms with Crippen LogP contribution in [0.4, 0.5) is 11.8 Å². The van der Waals surface area contributed by atoms with Gasteiger partial charge in [-0.05, 0) is 23.7 Å². The highest BCUT2D eigenvalue weighted by atomic mass is 16.5. The Labute approximate surface area is 140 Å². The van der Waals surface area contributed by atoms with E-state index in [1.807, 2.05) is 38.4 Å². The minimum absolute atomic E-state index is 0.392. The average Bonchev–Trinajstić information content (AvgIpc) is 3.10. The van der Waals surface area contributed by atoms with Crippen molar-refractivity contribution in [1.29, 1.82) is 0 Å². The van der Waals surface area contributed by atoms with Gasteiger partial charge >= 0.3 is 0 Å². The lowest BCUT2D eigenvalue weighted by Gasteiger charge is -2.07. The van der Waals surface area contributed by atoms with Crippen LogP contribution in [0.15, 0.2) is 35.0 Å². The summed E-state index contributed by atoms with van der Waals surface area (Å²) >= 11 is 0. The maximum atomic E-state index is 5.20. The first-order valence-electron chi connectivity index (χ1n) is 7.69. The van der Waals surface area contributed by atoms with Crippen LogP contribution < -0.4 is 10.2 Å². The van der Waals surface area contributed by atoms with Crippen LogP contribution in [0.3, 0.4) is 0 Å². The van der Waals surface area contributed by atoms with E-state index >= 15 is 0 Å². The molecule has 0 unspecified atom stereocenters. The monoisotopic (exact) mass is 325 g/mol. The van der Waals surface area contributed by atoms with Crippen molar-refractivity contribution in [2.75, 3.05) is 24.3 Å². The largest absolute Gasteiger partial charge is 0.361 e. The number of nitrogens with zero attached hydrogens (tertiary/aromatic N) is 6. The van der Waals surface area contributed by atoms with Gasteiger partial charge in [0, 0.05) is 32.1 Å². The number of rotatable bonds is 6. The van der Waals surface area contributed by atoms with Gasteiger partial charge in [0.1, 0.15) is 11.5 Å². The molecule has 0 atom stereocenters. The summed E-state index contributed by atoms with van der Waals surface area (Å²) in [7, 11) is 3.72. The molecule has 8 nitrogen and oxygen atoms in total. The molecule has 3 heterocycles. The molecule has 0 spiro atoms. The van der Waals surface area contributed by atoms with Crippen molar-refractivity contribution in [3.05, 3.63) is 42.0 Å². The first kappa shape index (κ1) is 15.9. The third-order valence-electron chi connectivity index (χ3n) is 3.31. The summed E-state index contributed by atoms with van der Waals surface area (Å²) in [6, 6.07) is 7.58. The number of aromatic nitrogens is 5. The Hall–Kier alpha value is -3.03. The Balaban J connectivity index is 1.79. The van der Waals surface area contributed by atoms with E-state index in [0.29, 0.717) is 30.0 Å². The van der Waals surface area contributed by atoms with Crippen molar-refractivity contribution >= 4 is 11.8 Å². The second-order valence-electron chi connectivity index (χ2n) is 5.37. The highest BCUT2D eigenvalue weighted by Gasteiger charge is 2.10. The lowest BCUT2D eigenvalue weighted by Crippen LogP contribution is -2.10. The van der Waals surface area contributed by atoms with Crippen molar-refractivity contribution in [2.45, 2.75) is 19.9 Å². The fourth-order valence-electron chi connectivity index (χ4n) is 2.04. The first-order valence-corrected chi connectivity index (χ1v) is 7.69. The Morgan fingerprint density at radius 1 is 1.17 bits per heavy atom. The zero-order valence-electron chi connectivity index (χ0n) is 13.9. The zero-order valence-corrected chi connectivity index (χ0v) is 13.9. The van der Waals surface area contributed by atoms with E-state index in [1.165, 1.54) is 0 Å². The van der Waals surface area contributed by atoms with E-state index in [2.05, 4.69) is 37.3 Å². The van der Waals surface area contributed by atoms with Crippen LogP contribution in [0.25, 0.3) is 11.5 Å². The van der Waals surface area contributed by atoms with Crippen molar-refractivity contribution in [3.63, 3.8) is 0 Å². The predicted octanol–water partition coefficient (Wildman–Crippen LogP) is 2.16. The van der Waals surface area contributed by atoms with E-state index in [1.54, 1.807) is 11.1 Å². The van der Waals surface area contributed by atoms with Gasteiger partial charge in [0.15, 0.2) is 5.82 Å². The molecule has 3 aromatic rings. The van der Waals surface area contributed by atoms with Gasteiger partial charge in [-0.3, -0.25) is 4.98 Å². The van der Waals surface area contributed by atoms with Crippen molar-refractivity contribution < 1.29 is 4.52 Å². The highest BCUT2D eigenvalue weighted by Crippen LogP contribution is 2.17. The molecule has 24 heavy (non-hydrogen) atoms. The fraction of sp³-hybridized carbons (Fsp3) is 0.312. The Morgan fingerprint density at radius 2 is 2.04 bits per heavy atom. The Morgan fingerprint density at radius 3 is 2.71 bits per heavy atom. The fourth-order valence-corrected chi connectivity index (χ4v) is 2.04. The molecule has 0 radical (unpaired) electrons. The van der Waals surface area contributed by atoms with Crippen LogP contribution in [0.2, 0.25) is 0 Å². The third-order valence-corrected chi connectivity index (χ3v) is 3.31. The molecule has 0 aliphatic carbocycles. The summed E-state index contributed by atoms with van der Waals surface area (Å²) in [4.78, 5) is 19.4. The molecule has 3 rings (SSSR count). The number of aryl methyl sites for hydroxylation is 1. The molecule has 0 bridgehead atoms. The minimum Gasteiger partial charge on any atom is -0.361 e. The summed E-state index contributed by atoms with van der Waals surface area (Å²) in [5, 5.41) is 7.09. The standard InChI is InChI=1S/C16H19N7O/c1-4-11-9-13(18-10-14-21-16(22-24-14)23(2)3)20-15(19-11)12-7-5-6-8-17-12/h5-9H,4,10H2,1-3H3,(H,18,19,20). The van der Waals surface area contributed by atoms with Gasteiger partial charge in [-0.15, -0.1) is 0 Å². The third kappa shape index (κ3) is 3.65. The molecule has 0 saturated carbocycles. The summed E-state index contributed by atoms with van der Waals surface area (Å²) in [6.07, 6.45) is 2.54. The van der Waals surface area contributed by atoms with Gasteiger partial charge in [-0.1, -0.05) is 13.0 Å². The topological polar surface area (TPSA) is 92.9 Å². The van der Waals surface area contributed by atoms with Crippen LogP contribution >= 0.6 is 0 Å². The number of hydrogen-bond acceptors (Lipinski definition) is 8. The summed E-state index contributed by atoms with van der Waals surface area (Å²) in [6.45, 7) is 2.44. The predicted molar refractivity (Wildman–Crippen MR) is 90.6 cm³/mol. The Kier molecular flexibility index (Phi) is 4.64.